The molecule has 64 valence electrons. The minimum absolute atomic E-state index is 0.489. The van der Waals surface area contributed by atoms with Gasteiger partial charge in [-0.15, -0.1) is 0 Å². The number of rotatable bonds is 1. The highest BCUT2D eigenvalue weighted by atomic mass is 35.5. The fourth-order valence-electron chi connectivity index (χ4n) is 0.724. The molecule has 12 heavy (non-hydrogen) atoms. The van der Waals surface area contributed by atoms with Crippen molar-refractivity contribution in [3.8, 4) is 0 Å². The number of carbonyl (C=O) groups is 1. The number of nitrogens with one attached hydrogen (secondary N) is 1. The lowest BCUT2D eigenvalue weighted by molar-refractivity contribution is 0.187. The number of ether oxygens (including phenoxy) is 1. The molecule has 1 N–H and O–H groups in total. The first-order chi connectivity index (χ1) is 5.74. The number of hydrogen-bond donors (Lipinski definition) is 1. The van der Waals surface area contributed by atoms with Crippen LogP contribution in [0.15, 0.2) is 24.3 Å². The summed E-state index contributed by atoms with van der Waals surface area (Å²) in [6.07, 6.45) is -0.525. The van der Waals surface area contributed by atoms with Crippen LogP contribution in [-0.4, -0.2) is 13.2 Å². The van der Waals surface area contributed by atoms with Gasteiger partial charge < -0.3 is 4.74 Å². The summed E-state index contributed by atoms with van der Waals surface area (Å²) in [5, 5.41) is 2.96. The maximum absolute atomic E-state index is 10.7. The molecule has 0 heterocycles. The summed E-state index contributed by atoms with van der Waals surface area (Å²) in [4.78, 5) is 10.7. The Hall–Kier alpha value is -1.22. The third kappa shape index (κ3) is 2.13. The van der Waals surface area contributed by atoms with Gasteiger partial charge in [0.1, 0.15) is 0 Å². The average Bonchev–Trinajstić information content (AvgIpc) is 2.09. The van der Waals surface area contributed by atoms with Crippen LogP contribution in [0.25, 0.3) is 0 Å². The lowest BCUT2D eigenvalue weighted by Crippen LogP contribution is -2.10. The highest BCUT2D eigenvalue weighted by molar-refractivity contribution is 6.33. The molecule has 0 aliphatic heterocycles. The number of halogens is 1. The highest BCUT2D eigenvalue weighted by Gasteiger charge is 2.02. The van der Waals surface area contributed by atoms with E-state index >= 15 is 0 Å². The SMILES string of the molecule is COC(=O)Nc1ccccc1Cl. The van der Waals surface area contributed by atoms with Crippen LogP contribution in [-0.2, 0) is 4.74 Å². The molecule has 0 atom stereocenters. The van der Waals surface area contributed by atoms with Gasteiger partial charge in [0.2, 0.25) is 0 Å². The van der Waals surface area contributed by atoms with Crippen LogP contribution < -0.4 is 5.32 Å². The summed E-state index contributed by atoms with van der Waals surface area (Å²) in [5.41, 5.74) is 0.547. The second-order valence-corrected chi connectivity index (χ2v) is 2.50. The topological polar surface area (TPSA) is 38.3 Å². The van der Waals surface area contributed by atoms with E-state index < -0.39 is 6.09 Å². The molecule has 0 saturated carbocycles. The van der Waals surface area contributed by atoms with Gasteiger partial charge in [0.25, 0.3) is 0 Å². The van der Waals surface area contributed by atoms with E-state index in [1.165, 1.54) is 7.11 Å². The Morgan fingerprint density at radius 3 is 2.75 bits per heavy atom. The molecular weight excluding hydrogens is 178 g/mol. The summed E-state index contributed by atoms with van der Waals surface area (Å²) in [6, 6.07) is 6.94. The minimum Gasteiger partial charge on any atom is -0.453 e. The molecular formula is C8H8ClNO2. The molecule has 0 unspecified atom stereocenters. The first kappa shape index (κ1) is 8.87. The smallest absolute Gasteiger partial charge is 0.411 e. The van der Waals surface area contributed by atoms with Gasteiger partial charge in [-0.3, -0.25) is 5.32 Å². The molecule has 1 amide bonds. The van der Waals surface area contributed by atoms with Crippen LogP contribution in [0.3, 0.4) is 0 Å². The Balaban J connectivity index is 2.75. The van der Waals surface area contributed by atoms with Crippen LogP contribution in [0.5, 0.6) is 0 Å². The van der Waals surface area contributed by atoms with E-state index in [0.29, 0.717) is 10.7 Å². The van der Waals surface area contributed by atoms with E-state index in [1.54, 1.807) is 24.3 Å². The summed E-state index contributed by atoms with van der Waals surface area (Å²) < 4.78 is 4.40. The Morgan fingerprint density at radius 2 is 2.17 bits per heavy atom. The van der Waals surface area contributed by atoms with E-state index in [4.69, 9.17) is 11.6 Å². The minimum atomic E-state index is -0.525. The van der Waals surface area contributed by atoms with Gasteiger partial charge in [-0.1, -0.05) is 23.7 Å². The zero-order valence-corrected chi connectivity index (χ0v) is 7.26. The molecule has 1 aromatic carbocycles. The molecule has 0 aliphatic carbocycles. The van der Waals surface area contributed by atoms with Crippen LogP contribution in [0.2, 0.25) is 5.02 Å². The Morgan fingerprint density at radius 1 is 1.50 bits per heavy atom. The van der Waals surface area contributed by atoms with Gasteiger partial charge in [-0.05, 0) is 12.1 Å². The van der Waals surface area contributed by atoms with Gasteiger partial charge in [-0.25, -0.2) is 4.79 Å². The number of anilines is 1. The predicted molar refractivity (Wildman–Crippen MR) is 47.5 cm³/mol. The van der Waals surface area contributed by atoms with Gasteiger partial charge in [0, 0.05) is 0 Å². The first-order valence-corrected chi connectivity index (χ1v) is 3.71. The van der Waals surface area contributed by atoms with E-state index in [0.717, 1.165) is 0 Å². The molecule has 0 aliphatic rings. The summed E-state index contributed by atoms with van der Waals surface area (Å²) in [5.74, 6) is 0. The summed E-state index contributed by atoms with van der Waals surface area (Å²) in [7, 11) is 1.30. The zero-order chi connectivity index (χ0) is 8.97. The molecule has 0 saturated heterocycles. The lowest BCUT2D eigenvalue weighted by atomic mass is 10.3. The lowest BCUT2D eigenvalue weighted by Gasteiger charge is -2.04. The summed E-state index contributed by atoms with van der Waals surface area (Å²) >= 11 is 5.76. The molecule has 0 spiro atoms. The largest absolute Gasteiger partial charge is 0.453 e. The number of carbonyl (C=O) groups excluding carboxylic acids is 1. The van der Waals surface area contributed by atoms with Crippen LogP contribution in [0, 0.1) is 0 Å². The van der Waals surface area contributed by atoms with Crippen molar-refractivity contribution in [1.82, 2.24) is 0 Å². The first-order valence-electron chi connectivity index (χ1n) is 3.33. The van der Waals surface area contributed by atoms with Crippen molar-refractivity contribution in [2.24, 2.45) is 0 Å². The second kappa shape index (κ2) is 3.97. The molecule has 1 aromatic rings. The van der Waals surface area contributed by atoms with Crippen LogP contribution in [0.4, 0.5) is 10.5 Å². The maximum atomic E-state index is 10.7. The highest BCUT2D eigenvalue weighted by Crippen LogP contribution is 2.20. The maximum Gasteiger partial charge on any atom is 0.411 e. The molecule has 1 rings (SSSR count). The van der Waals surface area contributed by atoms with Gasteiger partial charge >= 0.3 is 6.09 Å². The molecule has 4 heteroatoms. The third-order valence-corrected chi connectivity index (χ3v) is 1.63. The normalized spacial score (nSPS) is 9.17. The van der Waals surface area contributed by atoms with Crippen molar-refractivity contribution in [3.05, 3.63) is 29.3 Å². The molecule has 0 bridgehead atoms. The predicted octanol–water partition coefficient (Wildman–Crippen LogP) is 2.52. The summed E-state index contributed by atoms with van der Waals surface area (Å²) in [6.45, 7) is 0. The fraction of sp³-hybridized carbons (Fsp3) is 0.125. The van der Waals surface area contributed by atoms with Crippen molar-refractivity contribution >= 4 is 23.4 Å². The van der Waals surface area contributed by atoms with E-state index in [2.05, 4.69) is 10.1 Å². The Labute approximate surface area is 75.3 Å². The average molecular weight is 186 g/mol. The Bertz CT molecular complexity index is 288. The van der Waals surface area contributed by atoms with Gasteiger partial charge in [-0.2, -0.15) is 0 Å². The molecule has 0 aromatic heterocycles. The number of methoxy groups -OCH3 is 1. The fourth-order valence-corrected chi connectivity index (χ4v) is 0.907. The van der Waals surface area contributed by atoms with E-state index in [-0.39, 0.29) is 0 Å². The zero-order valence-electron chi connectivity index (χ0n) is 6.50. The molecule has 0 fully saturated rings. The monoisotopic (exact) mass is 185 g/mol. The quantitative estimate of drug-likeness (QED) is 0.730. The Kier molecular flexibility index (Phi) is 2.94. The third-order valence-electron chi connectivity index (χ3n) is 1.30. The van der Waals surface area contributed by atoms with E-state index in [9.17, 15) is 4.79 Å². The van der Waals surface area contributed by atoms with Crippen molar-refractivity contribution in [1.29, 1.82) is 0 Å². The van der Waals surface area contributed by atoms with Crippen molar-refractivity contribution < 1.29 is 9.53 Å². The second-order valence-electron chi connectivity index (χ2n) is 2.10. The van der Waals surface area contributed by atoms with Gasteiger partial charge in [0.05, 0.1) is 17.8 Å². The van der Waals surface area contributed by atoms with Crippen molar-refractivity contribution in [2.75, 3.05) is 12.4 Å². The number of amides is 1. The van der Waals surface area contributed by atoms with Crippen LogP contribution >= 0.6 is 11.6 Å². The van der Waals surface area contributed by atoms with Crippen LogP contribution in [0.1, 0.15) is 0 Å². The van der Waals surface area contributed by atoms with Crippen molar-refractivity contribution in [3.63, 3.8) is 0 Å². The van der Waals surface area contributed by atoms with Crippen molar-refractivity contribution in [2.45, 2.75) is 0 Å². The molecule has 0 radical (unpaired) electrons. The van der Waals surface area contributed by atoms with Gasteiger partial charge in [0.15, 0.2) is 0 Å². The standard InChI is InChI=1S/C8H8ClNO2/c1-12-8(11)10-7-5-3-2-4-6(7)9/h2-5H,1H3,(H,10,11). The van der Waals surface area contributed by atoms with E-state index in [1.807, 2.05) is 0 Å². The number of hydrogen-bond acceptors (Lipinski definition) is 2. The molecule has 3 nitrogen and oxygen atoms in total. The number of para-hydroxylation sites is 1. The number of benzene rings is 1.